The summed E-state index contributed by atoms with van der Waals surface area (Å²) in [6, 6.07) is 8.59. The molecule has 1 aliphatic heterocycles. The van der Waals surface area contributed by atoms with Gasteiger partial charge < -0.3 is 9.73 Å². The number of hydrogen-bond acceptors (Lipinski definition) is 4. The fourth-order valence-electron chi connectivity index (χ4n) is 2.45. The Morgan fingerprint density at radius 3 is 3.20 bits per heavy atom. The summed E-state index contributed by atoms with van der Waals surface area (Å²) >= 11 is 3.48. The third kappa shape index (κ3) is 3.11. The van der Waals surface area contributed by atoms with E-state index in [4.69, 9.17) is 4.42 Å². The second kappa shape index (κ2) is 6.08. The highest BCUT2D eigenvalue weighted by Crippen LogP contribution is 2.24. The van der Waals surface area contributed by atoms with Crippen LogP contribution in [-0.2, 0) is 6.54 Å². The average Bonchev–Trinajstić information content (AvgIpc) is 2.90. The minimum absolute atomic E-state index is 0.518. The lowest BCUT2D eigenvalue weighted by Crippen LogP contribution is -2.49. The van der Waals surface area contributed by atoms with Crippen molar-refractivity contribution >= 4 is 15.9 Å². The van der Waals surface area contributed by atoms with E-state index >= 15 is 0 Å². The molecule has 0 spiro atoms. The number of nitrogens with zero attached hydrogens (tertiary/aromatic N) is 2. The number of halogens is 1. The molecule has 0 radical (unpaired) electrons. The topological polar surface area (TPSA) is 41.3 Å². The maximum absolute atomic E-state index is 5.88. The Morgan fingerprint density at radius 2 is 2.40 bits per heavy atom. The van der Waals surface area contributed by atoms with E-state index in [1.165, 1.54) is 0 Å². The van der Waals surface area contributed by atoms with E-state index in [0.717, 1.165) is 47.9 Å². The SMILES string of the molecule is C[C@@H]1CNCCN1Cc1ncc(-c2cccc(Br)c2)o1. The Morgan fingerprint density at radius 1 is 1.50 bits per heavy atom. The fraction of sp³-hybridized carbons (Fsp3) is 0.400. The predicted molar refractivity (Wildman–Crippen MR) is 82.4 cm³/mol. The van der Waals surface area contributed by atoms with E-state index in [-0.39, 0.29) is 0 Å². The predicted octanol–water partition coefficient (Wildman–Crippen LogP) is 2.90. The normalized spacial score (nSPS) is 20.2. The molecule has 1 fully saturated rings. The summed E-state index contributed by atoms with van der Waals surface area (Å²) < 4.78 is 6.93. The molecule has 1 aromatic carbocycles. The second-order valence-electron chi connectivity index (χ2n) is 5.15. The molecule has 0 saturated carbocycles. The largest absolute Gasteiger partial charge is 0.439 e. The van der Waals surface area contributed by atoms with Crippen LogP contribution in [0.5, 0.6) is 0 Å². The van der Waals surface area contributed by atoms with Gasteiger partial charge in [-0.05, 0) is 19.1 Å². The minimum Gasteiger partial charge on any atom is -0.439 e. The van der Waals surface area contributed by atoms with Crippen LogP contribution in [0.1, 0.15) is 12.8 Å². The van der Waals surface area contributed by atoms with Gasteiger partial charge in [0.1, 0.15) is 0 Å². The van der Waals surface area contributed by atoms with E-state index in [9.17, 15) is 0 Å². The van der Waals surface area contributed by atoms with Crippen molar-refractivity contribution in [2.75, 3.05) is 19.6 Å². The van der Waals surface area contributed by atoms with Crippen LogP contribution in [0.2, 0.25) is 0 Å². The molecule has 1 N–H and O–H groups in total. The smallest absolute Gasteiger partial charge is 0.209 e. The fourth-order valence-corrected chi connectivity index (χ4v) is 2.85. The molecule has 0 amide bonds. The molecule has 0 unspecified atom stereocenters. The zero-order valence-electron chi connectivity index (χ0n) is 11.5. The molecule has 1 aliphatic rings. The first-order chi connectivity index (χ1) is 9.72. The molecule has 0 bridgehead atoms. The Labute approximate surface area is 127 Å². The van der Waals surface area contributed by atoms with Gasteiger partial charge in [0, 0.05) is 35.7 Å². The molecule has 4 nitrogen and oxygen atoms in total. The van der Waals surface area contributed by atoms with Crippen molar-refractivity contribution in [1.29, 1.82) is 0 Å². The zero-order valence-corrected chi connectivity index (χ0v) is 13.1. The van der Waals surface area contributed by atoms with Crippen LogP contribution in [-0.4, -0.2) is 35.6 Å². The Kier molecular flexibility index (Phi) is 4.19. The van der Waals surface area contributed by atoms with Crippen LogP contribution in [0.4, 0.5) is 0 Å². The van der Waals surface area contributed by atoms with Crippen molar-refractivity contribution in [1.82, 2.24) is 15.2 Å². The number of rotatable bonds is 3. The third-order valence-electron chi connectivity index (χ3n) is 3.64. The van der Waals surface area contributed by atoms with Gasteiger partial charge in [-0.3, -0.25) is 4.90 Å². The monoisotopic (exact) mass is 335 g/mol. The number of aromatic nitrogens is 1. The van der Waals surface area contributed by atoms with Crippen LogP contribution < -0.4 is 5.32 Å². The van der Waals surface area contributed by atoms with Crippen molar-refractivity contribution in [3.05, 3.63) is 40.8 Å². The summed E-state index contributed by atoms with van der Waals surface area (Å²) in [5.74, 6) is 1.61. The van der Waals surface area contributed by atoms with Crippen LogP contribution in [0, 0.1) is 0 Å². The molecule has 2 heterocycles. The Bertz CT molecular complexity index is 584. The highest BCUT2D eigenvalue weighted by Gasteiger charge is 2.20. The lowest BCUT2D eigenvalue weighted by molar-refractivity contribution is 0.151. The number of hydrogen-bond donors (Lipinski definition) is 1. The van der Waals surface area contributed by atoms with Gasteiger partial charge in [0.25, 0.3) is 0 Å². The lowest BCUT2D eigenvalue weighted by Gasteiger charge is -2.32. The van der Waals surface area contributed by atoms with Crippen LogP contribution in [0.3, 0.4) is 0 Å². The van der Waals surface area contributed by atoms with Gasteiger partial charge in [-0.15, -0.1) is 0 Å². The number of oxazole rings is 1. The zero-order chi connectivity index (χ0) is 13.9. The van der Waals surface area contributed by atoms with Gasteiger partial charge >= 0.3 is 0 Å². The first kappa shape index (κ1) is 13.8. The Hall–Kier alpha value is -1.17. The maximum atomic E-state index is 5.88. The maximum Gasteiger partial charge on any atom is 0.209 e. The molecule has 1 saturated heterocycles. The summed E-state index contributed by atoms with van der Waals surface area (Å²) in [5, 5.41) is 3.39. The summed E-state index contributed by atoms with van der Waals surface area (Å²) in [7, 11) is 0. The molecule has 1 atom stereocenters. The van der Waals surface area contributed by atoms with Crippen LogP contribution in [0.25, 0.3) is 11.3 Å². The van der Waals surface area contributed by atoms with E-state index in [0.29, 0.717) is 6.04 Å². The summed E-state index contributed by atoms with van der Waals surface area (Å²) in [6.07, 6.45) is 1.81. The van der Waals surface area contributed by atoms with Gasteiger partial charge in [-0.25, -0.2) is 4.98 Å². The van der Waals surface area contributed by atoms with E-state index in [1.807, 2.05) is 30.5 Å². The quantitative estimate of drug-likeness (QED) is 0.936. The first-order valence-corrected chi connectivity index (χ1v) is 7.67. The van der Waals surface area contributed by atoms with Crippen molar-refractivity contribution in [3.63, 3.8) is 0 Å². The lowest BCUT2D eigenvalue weighted by atomic mass is 10.2. The van der Waals surface area contributed by atoms with Gasteiger partial charge in [0.05, 0.1) is 12.7 Å². The van der Waals surface area contributed by atoms with Crippen LogP contribution in [0.15, 0.2) is 39.4 Å². The molecule has 3 rings (SSSR count). The molecular formula is C15H18BrN3O. The molecule has 20 heavy (non-hydrogen) atoms. The van der Waals surface area contributed by atoms with Crippen molar-refractivity contribution in [2.24, 2.45) is 0 Å². The first-order valence-electron chi connectivity index (χ1n) is 6.88. The molecule has 5 heteroatoms. The molecule has 1 aromatic heterocycles. The standard InChI is InChI=1S/C15H18BrN3O/c1-11-8-17-5-6-19(11)10-15-18-9-14(20-15)12-3-2-4-13(16)7-12/h2-4,7,9,11,17H,5-6,8,10H2,1H3/t11-/m1/s1. The van der Waals surface area contributed by atoms with Gasteiger partial charge in [-0.1, -0.05) is 28.1 Å². The van der Waals surface area contributed by atoms with Gasteiger partial charge in [0.2, 0.25) is 5.89 Å². The van der Waals surface area contributed by atoms with Crippen LogP contribution >= 0.6 is 15.9 Å². The highest BCUT2D eigenvalue weighted by atomic mass is 79.9. The van der Waals surface area contributed by atoms with Crippen molar-refractivity contribution < 1.29 is 4.42 Å². The molecule has 106 valence electrons. The third-order valence-corrected chi connectivity index (χ3v) is 4.13. The number of nitrogens with one attached hydrogen (secondary N) is 1. The highest BCUT2D eigenvalue weighted by molar-refractivity contribution is 9.10. The van der Waals surface area contributed by atoms with Gasteiger partial charge in [-0.2, -0.15) is 0 Å². The molecule has 0 aliphatic carbocycles. The van der Waals surface area contributed by atoms with Gasteiger partial charge in [0.15, 0.2) is 5.76 Å². The van der Waals surface area contributed by atoms with Crippen molar-refractivity contribution in [3.8, 4) is 11.3 Å². The average molecular weight is 336 g/mol. The summed E-state index contributed by atoms with van der Waals surface area (Å²) in [5.41, 5.74) is 1.05. The second-order valence-corrected chi connectivity index (χ2v) is 6.07. The number of piperazine rings is 1. The minimum atomic E-state index is 0.518. The molecule has 2 aromatic rings. The Balaban J connectivity index is 1.73. The van der Waals surface area contributed by atoms with Crippen molar-refractivity contribution in [2.45, 2.75) is 19.5 Å². The van der Waals surface area contributed by atoms with E-state index < -0.39 is 0 Å². The van der Waals surface area contributed by atoms with E-state index in [2.05, 4.69) is 38.1 Å². The van der Waals surface area contributed by atoms with E-state index in [1.54, 1.807) is 0 Å². The number of benzene rings is 1. The summed E-state index contributed by atoms with van der Waals surface area (Å²) in [6.45, 7) is 6.10. The summed E-state index contributed by atoms with van der Waals surface area (Å²) in [4.78, 5) is 6.80. The molecular weight excluding hydrogens is 318 g/mol.